The van der Waals surface area contributed by atoms with E-state index in [1.54, 1.807) is 0 Å². The molecule has 0 spiro atoms. The molecule has 1 heterocycles. The quantitative estimate of drug-likeness (QED) is 0.504. The molecule has 0 amide bonds. The van der Waals surface area contributed by atoms with Crippen LogP contribution >= 0.6 is 12.2 Å². The maximum absolute atomic E-state index is 5.38. The summed E-state index contributed by atoms with van der Waals surface area (Å²) in [6.07, 6.45) is 0. The van der Waals surface area contributed by atoms with Crippen molar-refractivity contribution in [3.05, 3.63) is 0 Å². The van der Waals surface area contributed by atoms with Gasteiger partial charge in [0.1, 0.15) is 0 Å². The van der Waals surface area contributed by atoms with Gasteiger partial charge in [-0.05, 0) is 17.6 Å². The van der Waals surface area contributed by atoms with Crippen LogP contribution in [0.5, 0.6) is 0 Å². The molecule has 0 aromatic rings. The van der Waals surface area contributed by atoms with Crippen LogP contribution in [0.2, 0.25) is 0 Å². The lowest BCUT2D eigenvalue weighted by Crippen LogP contribution is -2.57. The Hall–Kier alpha value is -0.310. The summed E-state index contributed by atoms with van der Waals surface area (Å²) < 4.78 is 0. The van der Waals surface area contributed by atoms with Crippen LogP contribution in [0.3, 0.4) is 0 Å². The lowest BCUT2D eigenvalue weighted by atomic mass is 9.85. The van der Waals surface area contributed by atoms with Crippen LogP contribution in [0, 0.1) is 5.41 Å². The van der Waals surface area contributed by atoms with Crippen LogP contribution in [0.1, 0.15) is 13.8 Å². The maximum atomic E-state index is 5.38. The summed E-state index contributed by atoms with van der Waals surface area (Å²) in [7, 11) is 0. The fourth-order valence-corrected chi connectivity index (χ4v) is 1.27. The van der Waals surface area contributed by atoms with Crippen molar-refractivity contribution in [2.45, 2.75) is 13.8 Å². The van der Waals surface area contributed by atoms with Crippen molar-refractivity contribution in [2.24, 2.45) is 11.1 Å². The molecule has 1 fully saturated rings. The van der Waals surface area contributed by atoms with E-state index in [2.05, 4.69) is 13.8 Å². The minimum Gasteiger partial charge on any atom is -0.376 e. The van der Waals surface area contributed by atoms with Crippen molar-refractivity contribution < 1.29 is 0 Å². The van der Waals surface area contributed by atoms with Gasteiger partial charge < -0.3 is 10.6 Å². The van der Waals surface area contributed by atoms with Gasteiger partial charge in [0.2, 0.25) is 0 Å². The third kappa shape index (κ3) is 1.33. The van der Waals surface area contributed by atoms with E-state index in [9.17, 15) is 0 Å². The van der Waals surface area contributed by atoms with E-state index < -0.39 is 0 Å². The van der Waals surface area contributed by atoms with Gasteiger partial charge in [0.05, 0.1) is 0 Å². The molecule has 0 radical (unpaired) electrons. The Morgan fingerprint density at radius 2 is 2.00 bits per heavy atom. The number of hydrogen-bond donors (Lipinski definition) is 1. The van der Waals surface area contributed by atoms with Crippen LogP contribution < -0.4 is 5.73 Å². The molecular formula is C6H12N2S. The number of rotatable bonds is 0. The summed E-state index contributed by atoms with van der Waals surface area (Å²) in [4.78, 5) is 2.01. The van der Waals surface area contributed by atoms with Crippen molar-refractivity contribution >= 4 is 17.3 Å². The number of nitrogens with zero attached hydrogens (tertiary/aromatic N) is 1. The first-order valence-electron chi connectivity index (χ1n) is 3.06. The number of likely N-dealkylation sites (tertiary alicyclic amines) is 1. The average molecular weight is 144 g/mol. The van der Waals surface area contributed by atoms with Gasteiger partial charge in [-0.2, -0.15) is 0 Å². The normalized spacial score (nSPS) is 23.1. The highest BCUT2D eigenvalue weighted by Gasteiger charge is 2.34. The Kier molecular flexibility index (Phi) is 1.39. The molecule has 0 bridgehead atoms. The number of hydrogen-bond acceptors (Lipinski definition) is 1. The molecule has 1 saturated heterocycles. The van der Waals surface area contributed by atoms with Crippen LogP contribution in [0.4, 0.5) is 0 Å². The zero-order chi connectivity index (χ0) is 7.07. The number of nitrogens with two attached hydrogens (primary N) is 1. The minimum atomic E-state index is 0.434. The van der Waals surface area contributed by atoms with Crippen molar-refractivity contribution in [2.75, 3.05) is 13.1 Å². The molecule has 1 aliphatic rings. The van der Waals surface area contributed by atoms with E-state index in [1.807, 2.05) is 4.90 Å². The Morgan fingerprint density at radius 3 is 2.11 bits per heavy atom. The summed E-state index contributed by atoms with van der Waals surface area (Å²) in [6, 6.07) is 0. The van der Waals surface area contributed by atoms with Crippen molar-refractivity contribution in [1.82, 2.24) is 4.90 Å². The SMILES string of the molecule is CC1(C)CN(C(N)=S)C1. The summed E-state index contributed by atoms with van der Waals surface area (Å²) in [5.41, 5.74) is 5.81. The van der Waals surface area contributed by atoms with Crippen LogP contribution in [-0.2, 0) is 0 Å². The van der Waals surface area contributed by atoms with Gasteiger partial charge in [0, 0.05) is 13.1 Å². The molecule has 0 unspecified atom stereocenters. The Labute approximate surface area is 61.0 Å². The monoisotopic (exact) mass is 144 g/mol. The van der Waals surface area contributed by atoms with Gasteiger partial charge in [0.25, 0.3) is 0 Å². The maximum Gasteiger partial charge on any atom is 0.166 e. The smallest absolute Gasteiger partial charge is 0.166 e. The molecule has 1 rings (SSSR count). The standard InChI is InChI=1S/C6H12N2S/c1-6(2)3-8(4-6)5(7)9/h3-4H2,1-2H3,(H2,7,9). The average Bonchev–Trinajstić information content (AvgIpc) is 1.59. The molecule has 0 atom stereocenters. The predicted octanol–water partition coefficient (Wildman–Crippen LogP) is 0.572. The number of thiocarbonyl (C=S) groups is 1. The van der Waals surface area contributed by atoms with Crippen molar-refractivity contribution in [3.8, 4) is 0 Å². The molecule has 1 aliphatic heterocycles. The third-order valence-electron chi connectivity index (χ3n) is 1.55. The van der Waals surface area contributed by atoms with Crippen molar-refractivity contribution in [1.29, 1.82) is 0 Å². The van der Waals surface area contributed by atoms with Gasteiger partial charge in [-0.25, -0.2) is 0 Å². The van der Waals surface area contributed by atoms with Crippen molar-refractivity contribution in [3.63, 3.8) is 0 Å². The molecule has 2 N–H and O–H groups in total. The highest BCUT2D eigenvalue weighted by atomic mass is 32.1. The summed E-state index contributed by atoms with van der Waals surface area (Å²) in [5.74, 6) is 0. The lowest BCUT2D eigenvalue weighted by molar-refractivity contribution is 0.100. The fourth-order valence-electron chi connectivity index (χ4n) is 1.14. The highest BCUT2D eigenvalue weighted by molar-refractivity contribution is 7.80. The largest absolute Gasteiger partial charge is 0.376 e. The molecule has 9 heavy (non-hydrogen) atoms. The van der Waals surface area contributed by atoms with E-state index >= 15 is 0 Å². The van der Waals surface area contributed by atoms with E-state index in [4.69, 9.17) is 18.0 Å². The van der Waals surface area contributed by atoms with E-state index in [0.717, 1.165) is 13.1 Å². The van der Waals surface area contributed by atoms with Crippen LogP contribution in [0.25, 0.3) is 0 Å². The molecular weight excluding hydrogens is 132 g/mol. The zero-order valence-corrected chi connectivity index (χ0v) is 6.66. The molecule has 0 aromatic carbocycles. The van der Waals surface area contributed by atoms with Gasteiger partial charge in [-0.15, -0.1) is 0 Å². The zero-order valence-electron chi connectivity index (χ0n) is 5.85. The topological polar surface area (TPSA) is 29.3 Å². The second-order valence-electron chi connectivity index (χ2n) is 3.36. The third-order valence-corrected chi connectivity index (χ3v) is 1.81. The summed E-state index contributed by atoms with van der Waals surface area (Å²) in [6.45, 7) is 6.45. The minimum absolute atomic E-state index is 0.434. The Morgan fingerprint density at radius 1 is 1.56 bits per heavy atom. The Bertz CT molecular complexity index is 134. The molecule has 0 aliphatic carbocycles. The molecule has 3 heteroatoms. The van der Waals surface area contributed by atoms with Gasteiger partial charge >= 0.3 is 0 Å². The summed E-state index contributed by atoms with van der Waals surface area (Å²) in [5, 5.41) is 0.536. The highest BCUT2D eigenvalue weighted by Crippen LogP contribution is 2.27. The van der Waals surface area contributed by atoms with E-state index in [0.29, 0.717) is 10.5 Å². The summed E-state index contributed by atoms with van der Waals surface area (Å²) >= 11 is 4.77. The van der Waals surface area contributed by atoms with Gasteiger partial charge in [0.15, 0.2) is 5.11 Å². The van der Waals surface area contributed by atoms with E-state index in [1.165, 1.54) is 0 Å². The first-order chi connectivity index (χ1) is 4.01. The Balaban J connectivity index is 2.35. The second-order valence-corrected chi connectivity index (χ2v) is 3.78. The van der Waals surface area contributed by atoms with Gasteiger partial charge in [-0.3, -0.25) is 0 Å². The first-order valence-corrected chi connectivity index (χ1v) is 3.46. The van der Waals surface area contributed by atoms with Crippen LogP contribution in [0.15, 0.2) is 0 Å². The predicted molar refractivity (Wildman–Crippen MR) is 42.1 cm³/mol. The first kappa shape index (κ1) is 6.81. The van der Waals surface area contributed by atoms with Crippen LogP contribution in [-0.4, -0.2) is 23.1 Å². The van der Waals surface area contributed by atoms with E-state index in [-0.39, 0.29) is 0 Å². The lowest BCUT2D eigenvalue weighted by Gasteiger charge is -2.46. The molecule has 0 saturated carbocycles. The molecule has 0 aromatic heterocycles. The second kappa shape index (κ2) is 1.84. The fraction of sp³-hybridized carbons (Fsp3) is 0.833. The van der Waals surface area contributed by atoms with Gasteiger partial charge in [-0.1, -0.05) is 13.8 Å². The molecule has 52 valence electrons. The molecule has 2 nitrogen and oxygen atoms in total.